The minimum Gasteiger partial charge on any atom is -0.488 e. The van der Waals surface area contributed by atoms with E-state index in [1.54, 1.807) is 0 Å². The second-order valence-electron chi connectivity index (χ2n) is 14.5. The minimum absolute atomic E-state index is 0.244. The average molecular weight is 616 g/mol. The lowest BCUT2D eigenvalue weighted by Gasteiger charge is -2.59. The molecule has 0 amide bonds. The molecule has 0 spiro atoms. The Morgan fingerprint density at radius 1 is 1.07 bits per heavy atom. The van der Waals surface area contributed by atoms with Crippen LogP contribution in [0.5, 0.6) is 5.75 Å². The predicted octanol–water partition coefficient (Wildman–Crippen LogP) is 10.4. The highest BCUT2D eigenvalue weighted by Gasteiger charge is 2.59. The van der Waals surface area contributed by atoms with Gasteiger partial charge in [0.05, 0.1) is 11.8 Å². The van der Waals surface area contributed by atoms with E-state index in [2.05, 4.69) is 39.8 Å². The van der Waals surface area contributed by atoms with Gasteiger partial charge in [-0.3, -0.25) is 0 Å². The van der Waals surface area contributed by atoms with Crippen molar-refractivity contribution in [3.05, 3.63) is 42.1 Å². The van der Waals surface area contributed by atoms with Gasteiger partial charge in [-0.25, -0.2) is 0 Å². The Balaban J connectivity index is 0.000000566. The van der Waals surface area contributed by atoms with Crippen molar-refractivity contribution in [3.8, 4) is 5.75 Å². The molecule has 0 bridgehead atoms. The Morgan fingerprint density at radius 3 is 2.35 bits per heavy atom. The molecule has 3 saturated carbocycles. The summed E-state index contributed by atoms with van der Waals surface area (Å²) in [5.74, 6) is 5.74. The zero-order chi connectivity index (χ0) is 31.8. The highest BCUT2D eigenvalue weighted by molar-refractivity contribution is 7.93. The molecule has 4 nitrogen and oxygen atoms in total. The van der Waals surface area contributed by atoms with E-state index in [-0.39, 0.29) is 18.3 Å². The van der Waals surface area contributed by atoms with Crippen LogP contribution in [0.25, 0.3) is 0 Å². The molecule has 9 atom stereocenters. The number of nitrogen functional groups attached to an aromatic ring is 2. The van der Waals surface area contributed by atoms with Gasteiger partial charge in [-0.1, -0.05) is 71.6 Å². The predicted molar refractivity (Wildman–Crippen MR) is 186 cm³/mol. The molecular formula is C37H62FN3OS. The molecule has 1 aromatic carbocycles. The third-order valence-corrected chi connectivity index (χ3v) is 11.9. The quantitative estimate of drug-likeness (QED) is 0.161. The van der Waals surface area contributed by atoms with Crippen LogP contribution in [0.15, 0.2) is 42.1 Å². The normalized spacial score (nSPS) is 35.2. The molecule has 0 aromatic heterocycles. The van der Waals surface area contributed by atoms with Gasteiger partial charge in [-0.15, -0.1) is 0 Å². The van der Waals surface area contributed by atoms with Crippen molar-refractivity contribution < 1.29 is 8.62 Å². The molecule has 6 heteroatoms. The zero-order valence-corrected chi connectivity index (χ0v) is 29.0. The molecule has 5 rings (SSSR count). The summed E-state index contributed by atoms with van der Waals surface area (Å²) in [6.45, 7) is 14.0. The maximum absolute atomic E-state index is 10.2. The molecule has 43 heavy (non-hydrogen) atoms. The summed E-state index contributed by atoms with van der Waals surface area (Å²) in [6, 6.07) is 5.64. The van der Waals surface area contributed by atoms with Gasteiger partial charge in [0, 0.05) is 29.8 Å². The van der Waals surface area contributed by atoms with Crippen LogP contribution in [0.4, 0.5) is 15.3 Å². The number of ether oxygens (including phenoxy) is 1. The summed E-state index contributed by atoms with van der Waals surface area (Å²) in [5, 5.41) is 0. The van der Waals surface area contributed by atoms with Crippen LogP contribution < -0.4 is 21.9 Å². The first-order valence-electron chi connectivity index (χ1n) is 17.0. The summed E-state index contributed by atoms with van der Waals surface area (Å²) in [6.07, 6.45) is 23.7. The first kappa shape index (κ1) is 35.7. The number of unbranched alkanes of at least 4 members (excludes halogenated alkanes) is 2. The second-order valence-corrected chi connectivity index (χ2v) is 14.8. The molecule has 9 unspecified atom stereocenters. The first-order chi connectivity index (χ1) is 20.4. The number of rotatable bonds is 7. The monoisotopic (exact) mass is 615 g/mol. The smallest absolute Gasteiger partial charge is 0.142 e. The second kappa shape index (κ2) is 16.0. The Kier molecular flexibility index (Phi) is 13.2. The van der Waals surface area contributed by atoms with Gasteiger partial charge < -0.3 is 21.9 Å². The molecule has 0 saturated heterocycles. The maximum Gasteiger partial charge on any atom is 0.142 e. The molecule has 6 N–H and O–H groups in total. The van der Waals surface area contributed by atoms with Gasteiger partial charge in [0.15, 0.2) is 0 Å². The SMILES string of the molecule is C/C=C(\C)N.CCCCCC(C)C1CCC2C3C=CC4CC(Oc5ccc(N)cc5N)CCC4(C)C3CCC12C.CSF. The zero-order valence-electron chi connectivity index (χ0n) is 28.2. The van der Waals surface area contributed by atoms with Crippen LogP contribution in [0, 0.1) is 46.3 Å². The topological polar surface area (TPSA) is 87.3 Å². The van der Waals surface area contributed by atoms with Gasteiger partial charge in [0.1, 0.15) is 5.75 Å². The lowest BCUT2D eigenvalue weighted by atomic mass is 9.46. The number of benzene rings is 1. The summed E-state index contributed by atoms with van der Waals surface area (Å²) in [7, 11) is 0. The Hall–Kier alpha value is -1.82. The van der Waals surface area contributed by atoms with Crippen LogP contribution in [0.2, 0.25) is 0 Å². The molecule has 1 aromatic rings. The van der Waals surface area contributed by atoms with E-state index in [4.69, 9.17) is 21.9 Å². The van der Waals surface area contributed by atoms with Crippen LogP contribution >= 0.6 is 12.1 Å². The van der Waals surface area contributed by atoms with Gasteiger partial charge >= 0.3 is 0 Å². The number of halogens is 1. The Bertz CT molecular complexity index is 1070. The van der Waals surface area contributed by atoms with Crippen molar-refractivity contribution in [2.75, 3.05) is 17.7 Å². The van der Waals surface area contributed by atoms with E-state index in [0.717, 1.165) is 53.9 Å². The number of nitrogens with two attached hydrogens (primary N) is 3. The summed E-state index contributed by atoms with van der Waals surface area (Å²) in [5.41, 5.74) is 20.4. The Labute approximate surface area is 267 Å². The van der Waals surface area contributed by atoms with Crippen molar-refractivity contribution in [1.29, 1.82) is 0 Å². The van der Waals surface area contributed by atoms with E-state index < -0.39 is 0 Å². The van der Waals surface area contributed by atoms with Gasteiger partial charge in [-0.2, -0.15) is 3.89 Å². The fourth-order valence-electron chi connectivity index (χ4n) is 9.44. The summed E-state index contributed by atoms with van der Waals surface area (Å²) < 4.78 is 16.6. The minimum atomic E-state index is 0.244. The van der Waals surface area contributed by atoms with E-state index in [1.165, 1.54) is 64.0 Å². The molecule has 4 aliphatic carbocycles. The molecule has 0 aliphatic heterocycles. The van der Waals surface area contributed by atoms with Crippen LogP contribution in [0.3, 0.4) is 0 Å². The summed E-state index contributed by atoms with van der Waals surface area (Å²) in [4.78, 5) is 0. The van der Waals surface area contributed by atoms with Gasteiger partial charge in [0.2, 0.25) is 0 Å². The van der Waals surface area contributed by atoms with Gasteiger partial charge in [0.25, 0.3) is 0 Å². The maximum atomic E-state index is 10.2. The first-order valence-corrected chi connectivity index (χ1v) is 18.1. The number of allylic oxidation sites excluding steroid dienone is 4. The lowest BCUT2D eigenvalue weighted by molar-refractivity contribution is -0.0782. The van der Waals surface area contributed by atoms with Crippen LogP contribution in [-0.4, -0.2) is 12.4 Å². The molecule has 0 heterocycles. The molecule has 0 radical (unpaired) electrons. The number of hydrogen-bond donors (Lipinski definition) is 3. The fourth-order valence-corrected chi connectivity index (χ4v) is 9.44. The molecule has 4 aliphatic rings. The highest BCUT2D eigenvalue weighted by atomic mass is 32.2. The third kappa shape index (κ3) is 8.27. The number of hydrogen-bond acceptors (Lipinski definition) is 5. The van der Waals surface area contributed by atoms with Crippen LogP contribution in [0.1, 0.15) is 112 Å². The highest BCUT2D eigenvalue weighted by Crippen LogP contribution is 2.67. The average Bonchev–Trinajstić information content (AvgIpc) is 3.33. The number of anilines is 2. The van der Waals surface area contributed by atoms with Crippen molar-refractivity contribution in [2.45, 2.75) is 118 Å². The van der Waals surface area contributed by atoms with Crippen molar-refractivity contribution in [3.63, 3.8) is 0 Å². The molecule has 244 valence electrons. The Morgan fingerprint density at radius 2 is 1.72 bits per heavy atom. The van der Waals surface area contributed by atoms with E-state index in [9.17, 15) is 3.89 Å². The molecule has 3 fully saturated rings. The standard InChI is InChI=1S/C32H50N2O.C4H9N.CH3FS/c1-5-6-7-8-21(2)26-12-13-27-25-11-9-22-19-24(35-30-14-10-23(33)20-29(30)34)15-17-31(22,3)28(25)16-18-32(26,27)4;1-3-4(2)5;1-3-2/h9-11,14,20-22,24-28H,5-8,12-13,15-19,33-34H2,1-4H3;3H,5H2,1-2H3;1H3/b;4-3+;. The fraction of sp³-hybridized carbons (Fsp3) is 0.730. The molecular weight excluding hydrogens is 553 g/mol. The van der Waals surface area contributed by atoms with Crippen molar-refractivity contribution >= 4 is 23.5 Å². The van der Waals surface area contributed by atoms with Gasteiger partial charge in [-0.05, 0) is 123 Å². The van der Waals surface area contributed by atoms with Crippen LogP contribution in [-0.2, 0) is 0 Å². The third-order valence-electron chi connectivity index (χ3n) is 11.9. The lowest BCUT2D eigenvalue weighted by Crippen LogP contribution is -2.52. The van der Waals surface area contributed by atoms with E-state index in [1.807, 2.05) is 38.1 Å². The summed E-state index contributed by atoms with van der Waals surface area (Å²) >= 11 is 0.250. The van der Waals surface area contributed by atoms with E-state index >= 15 is 0 Å². The largest absolute Gasteiger partial charge is 0.488 e. The number of fused-ring (bicyclic) bond motifs is 5. The van der Waals surface area contributed by atoms with E-state index in [0.29, 0.717) is 28.1 Å². The van der Waals surface area contributed by atoms with Crippen molar-refractivity contribution in [1.82, 2.24) is 0 Å². The van der Waals surface area contributed by atoms with Crippen molar-refractivity contribution in [2.24, 2.45) is 52.1 Å².